The normalized spacial score (nSPS) is 12.0. The van der Waals surface area contributed by atoms with Gasteiger partial charge in [0.15, 0.2) is 11.5 Å². The van der Waals surface area contributed by atoms with Crippen molar-refractivity contribution in [2.75, 3.05) is 12.1 Å². The molecule has 0 unspecified atom stereocenters. The summed E-state index contributed by atoms with van der Waals surface area (Å²) in [7, 11) is 0. The van der Waals surface area contributed by atoms with Gasteiger partial charge in [-0.05, 0) is 35.9 Å². The fourth-order valence-electron chi connectivity index (χ4n) is 2.52. The maximum Gasteiger partial charge on any atom is 0.335 e. The van der Waals surface area contributed by atoms with Gasteiger partial charge < -0.3 is 19.9 Å². The van der Waals surface area contributed by atoms with Gasteiger partial charge in [-0.3, -0.25) is 4.98 Å². The van der Waals surface area contributed by atoms with Crippen LogP contribution in [-0.4, -0.2) is 32.8 Å². The number of nitrogens with one attached hydrogen (secondary N) is 1. The molecule has 0 saturated carbocycles. The minimum Gasteiger partial charge on any atom is -0.478 e. The third-order valence-electron chi connectivity index (χ3n) is 3.81. The summed E-state index contributed by atoms with van der Waals surface area (Å²) in [5.41, 5.74) is 2.16. The van der Waals surface area contributed by atoms with E-state index in [1.54, 1.807) is 12.3 Å². The van der Waals surface area contributed by atoms with Gasteiger partial charge in [0.05, 0.1) is 17.0 Å². The molecule has 0 saturated heterocycles. The highest BCUT2D eigenvalue weighted by Gasteiger charge is 2.13. The molecule has 1 aliphatic rings. The molecule has 26 heavy (non-hydrogen) atoms. The molecule has 0 atom stereocenters. The van der Waals surface area contributed by atoms with E-state index in [9.17, 15) is 4.79 Å². The minimum absolute atomic E-state index is 0.156. The number of aromatic carboxylic acids is 1. The van der Waals surface area contributed by atoms with Crippen LogP contribution in [0.5, 0.6) is 11.5 Å². The van der Waals surface area contributed by atoms with Gasteiger partial charge in [0.2, 0.25) is 12.7 Å². The fraction of sp³-hybridized carbons (Fsp3) is 0.111. The van der Waals surface area contributed by atoms with Gasteiger partial charge in [0, 0.05) is 18.9 Å². The molecule has 0 aliphatic carbocycles. The highest BCUT2D eigenvalue weighted by atomic mass is 16.7. The maximum atomic E-state index is 11.1. The molecular formula is C18H14N4O4. The molecule has 2 aromatic heterocycles. The Morgan fingerprint density at radius 1 is 1.04 bits per heavy atom. The van der Waals surface area contributed by atoms with Crippen LogP contribution in [0.25, 0.3) is 11.4 Å². The molecule has 0 spiro atoms. The lowest BCUT2D eigenvalue weighted by Crippen LogP contribution is -2.04. The Kier molecular flexibility index (Phi) is 4.06. The van der Waals surface area contributed by atoms with E-state index in [2.05, 4.69) is 20.3 Å². The zero-order valence-electron chi connectivity index (χ0n) is 13.5. The number of fused-ring (bicyclic) bond motifs is 1. The average molecular weight is 350 g/mol. The topological polar surface area (TPSA) is 106 Å². The van der Waals surface area contributed by atoms with Crippen LogP contribution < -0.4 is 14.8 Å². The van der Waals surface area contributed by atoms with Crippen LogP contribution in [0.2, 0.25) is 0 Å². The summed E-state index contributed by atoms with van der Waals surface area (Å²) < 4.78 is 10.7. The first kappa shape index (κ1) is 15.8. The summed E-state index contributed by atoms with van der Waals surface area (Å²) in [6.45, 7) is 0.739. The Labute approximate surface area is 148 Å². The van der Waals surface area contributed by atoms with E-state index in [1.807, 2.05) is 18.2 Å². The number of hydrogen-bond acceptors (Lipinski definition) is 7. The van der Waals surface area contributed by atoms with Gasteiger partial charge in [-0.25, -0.2) is 14.8 Å². The monoisotopic (exact) mass is 350 g/mol. The number of nitrogens with zero attached hydrogens (tertiary/aromatic N) is 3. The second-order valence-corrected chi connectivity index (χ2v) is 5.54. The number of ether oxygens (including phenoxy) is 2. The van der Waals surface area contributed by atoms with Crippen molar-refractivity contribution in [2.24, 2.45) is 0 Å². The molecule has 0 radical (unpaired) electrons. The van der Waals surface area contributed by atoms with Crippen molar-refractivity contribution in [1.29, 1.82) is 0 Å². The molecule has 130 valence electrons. The van der Waals surface area contributed by atoms with Crippen LogP contribution in [0.4, 0.5) is 5.95 Å². The molecule has 3 heterocycles. The zero-order valence-corrected chi connectivity index (χ0v) is 13.5. The standard InChI is InChI=1S/C18H14N4O4/c23-17(24)12-3-5-19-14(8-12)13-4-6-20-18(22-13)21-9-11-1-2-15-16(7-11)26-10-25-15/h1-8H,9-10H2,(H,23,24)(H,20,21,22). The molecular weight excluding hydrogens is 336 g/mol. The van der Waals surface area contributed by atoms with Crippen molar-refractivity contribution in [3.63, 3.8) is 0 Å². The van der Waals surface area contributed by atoms with Crippen LogP contribution in [0.3, 0.4) is 0 Å². The highest BCUT2D eigenvalue weighted by molar-refractivity contribution is 5.88. The third kappa shape index (κ3) is 3.25. The number of carboxylic acid groups (broad SMARTS) is 1. The second kappa shape index (κ2) is 6.67. The zero-order chi connectivity index (χ0) is 17.9. The number of carbonyl (C=O) groups is 1. The van der Waals surface area contributed by atoms with Crippen LogP contribution in [0.1, 0.15) is 15.9 Å². The number of benzene rings is 1. The fourth-order valence-corrected chi connectivity index (χ4v) is 2.52. The molecule has 1 aromatic carbocycles. The largest absolute Gasteiger partial charge is 0.478 e. The predicted molar refractivity (Wildman–Crippen MR) is 92.1 cm³/mol. The SMILES string of the molecule is O=C(O)c1ccnc(-c2ccnc(NCc3ccc4c(c3)OCO4)n2)c1. The highest BCUT2D eigenvalue weighted by Crippen LogP contribution is 2.32. The summed E-state index contributed by atoms with van der Waals surface area (Å²) in [6.07, 6.45) is 3.04. The number of carboxylic acids is 1. The molecule has 1 aliphatic heterocycles. The third-order valence-corrected chi connectivity index (χ3v) is 3.81. The minimum atomic E-state index is -1.01. The Morgan fingerprint density at radius 3 is 2.77 bits per heavy atom. The Balaban J connectivity index is 1.51. The lowest BCUT2D eigenvalue weighted by molar-refractivity contribution is 0.0697. The molecule has 3 aromatic rings. The first-order valence-corrected chi connectivity index (χ1v) is 7.84. The first-order chi connectivity index (χ1) is 12.7. The number of rotatable bonds is 5. The van der Waals surface area contributed by atoms with Crippen LogP contribution >= 0.6 is 0 Å². The summed E-state index contributed by atoms with van der Waals surface area (Å²) in [6, 6.07) is 10.3. The van der Waals surface area contributed by atoms with E-state index < -0.39 is 5.97 Å². The number of pyridine rings is 1. The van der Waals surface area contributed by atoms with E-state index in [-0.39, 0.29) is 12.4 Å². The lowest BCUT2D eigenvalue weighted by atomic mass is 10.2. The molecule has 2 N–H and O–H groups in total. The molecule has 0 fully saturated rings. The van der Waals surface area contributed by atoms with Crippen LogP contribution in [-0.2, 0) is 6.54 Å². The molecule has 4 rings (SSSR count). The predicted octanol–water partition coefficient (Wildman–Crippen LogP) is 2.58. The van der Waals surface area contributed by atoms with Gasteiger partial charge in [-0.2, -0.15) is 0 Å². The quantitative estimate of drug-likeness (QED) is 0.723. The van der Waals surface area contributed by atoms with Gasteiger partial charge in [-0.1, -0.05) is 6.07 Å². The van der Waals surface area contributed by atoms with E-state index in [4.69, 9.17) is 14.6 Å². The number of anilines is 1. The van der Waals surface area contributed by atoms with Crippen molar-refractivity contribution < 1.29 is 19.4 Å². The van der Waals surface area contributed by atoms with Gasteiger partial charge in [0.1, 0.15) is 0 Å². The maximum absolute atomic E-state index is 11.1. The molecule has 8 nitrogen and oxygen atoms in total. The summed E-state index contributed by atoms with van der Waals surface area (Å²) in [4.78, 5) is 23.9. The summed E-state index contributed by atoms with van der Waals surface area (Å²) in [5, 5.41) is 12.2. The summed E-state index contributed by atoms with van der Waals surface area (Å²) in [5.74, 6) is 0.858. The summed E-state index contributed by atoms with van der Waals surface area (Å²) >= 11 is 0. The number of hydrogen-bond donors (Lipinski definition) is 2. The van der Waals surface area contributed by atoms with E-state index in [1.165, 1.54) is 18.3 Å². The van der Waals surface area contributed by atoms with Crippen LogP contribution in [0.15, 0.2) is 48.8 Å². The van der Waals surface area contributed by atoms with Gasteiger partial charge in [-0.15, -0.1) is 0 Å². The van der Waals surface area contributed by atoms with E-state index >= 15 is 0 Å². The molecule has 0 bridgehead atoms. The van der Waals surface area contributed by atoms with Gasteiger partial charge >= 0.3 is 5.97 Å². The van der Waals surface area contributed by atoms with Gasteiger partial charge in [0.25, 0.3) is 0 Å². The average Bonchev–Trinajstić information content (AvgIpc) is 3.14. The lowest BCUT2D eigenvalue weighted by Gasteiger charge is -2.07. The van der Waals surface area contributed by atoms with Crippen molar-refractivity contribution >= 4 is 11.9 Å². The van der Waals surface area contributed by atoms with Crippen molar-refractivity contribution in [3.8, 4) is 22.9 Å². The molecule has 8 heteroatoms. The Bertz CT molecular complexity index is 977. The Morgan fingerprint density at radius 2 is 1.88 bits per heavy atom. The molecule has 0 amide bonds. The second-order valence-electron chi connectivity index (χ2n) is 5.54. The number of aromatic nitrogens is 3. The van der Waals surface area contributed by atoms with Crippen molar-refractivity contribution in [1.82, 2.24) is 15.0 Å². The smallest absolute Gasteiger partial charge is 0.335 e. The van der Waals surface area contributed by atoms with Crippen molar-refractivity contribution in [2.45, 2.75) is 6.54 Å². The van der Waals surface area contributed by atoms with Crippen molar-refractivity contribution in [3.05, 3.63) is 59.9 Å². The van der Waals surface area contributed by atoms with E-state index in [0.717, 1.165) is 11.3 Å². The first-order valence-electron chi connectivity index (χ1n) is 7.84. The van der Waals surface area contributed by atoms with E-state index in [0.29, 0.717) is 29.6 Å². The Hall–Kier alpha value is -3.68. The van der Waals surface area contributed by atoms with Crippen LogP contribution in [0, 0.1) is 0 Å².